The first-order valence-corrected chi connectivity index (χ1v) is 5.75. The molecule has 1 aromatic carbocycles. The molecule has 0 atom stereocenters. The van der Waals surface area contributed by atoms with Crippen LogP contribution in [0.2, 0.25) is 0 Å². The van der Waals surface area contributed by atoms with Gasteiger partial charge in [0.15, 0.2) is 0 Å². The Hall–Kier alpha value is -1.81. The Balaban J connectivity index is 2.27. The van der Waals surface area contributed by atoms with Crippen molar-refractivity contribution in [3.8, 4) is 11.4 Å². The van der Waals surface area contributed by atoms with Gasteiger partial charge in [0.05, 0.1) is 11.9 Å². The van der Waals surface area contributed by atoms with Crippen LogP contribution in [-0.2, 0) is 6.42 Å². The van der Waals surface area contributed by atoms with Crippen molar-refractivity contribution in [2.45, 2.75) is 19.8 Å². The highest BCUT2D eigenvalue weighted by molar-refractivity contribution is 5.38. The number of hydrogen-bond donors (Lipinski definition) is 2. The Morgan fingerprint density at radius 2 is 2.00 bits per heavy atom. The lowest BCUT2D eigenvalue weighted by Gasteiger charge is -2.05. The zero-order chi connectivity index (χ0) is 12.3. The molecule has 3 N–H and O–H groups in total. The van der Waals surface area contributed by atoms with Crippen LogP contribution in [0, 0.1) is 6.92 Å². The molecule has 90 valence electrons. The summed E-state index contributed by atoms with van der Waals surface area (Å²) in [6.45, 7) is 2.75. The number of benzene rings is 1. The fourth-order valence-electron chi connectivity index (χ4n) is 1.84. The van der Waals surface area contributed by atoms with Crippen LogP contribution in [-0.4, -0.2) is 21.4 Å². The van der Waals surface area contributed by atoms with E-state index in [1.54, 1.807) is 12.1 Å². The molecule has 0 saturated heterocycles. The summed E-state index contributed by atoms with van der Waals surface area (Å²) in [6, 6.07) is 7.02. The van der Waals surface area contributed by atoms with Crippen LogP contribution in [0.5, 0.6) is 5.75 Å². The molecule has 0 saturated carbocycles. The minimum absolute atomic E-state index is 0.266. The molecule has 2 aromatic rings. The SMILES string of the molecule is Cc1c(CCCN)cnn1-c1ccc(O)cc1. The third kappa shape index (κ3) is 2.47. The van der Waals surface area contributed by atoms with Gasteiger partial charge >= 0.3 is 0 Å². The second-order valence-corrected chi connectivity index (χ2v) is 4.08. The minimum Gasteiger partial charge on any atom is -0.508 e. The molecule has 0 radical (unpaired) electrons. The first-order chi connectivity index (χ1) is 8.22. The first-order valence-electron chi connectivity index (χ1n) is 5.75. The Bertz CT molecular complexity index is 488. The van der Waals surface area contributed by atoms with Crippen LogP contribution in [0.15, 0.2) is 30.5 Å². The average molecular weight is 231 g/mol. The average Bonchev–Trinajstić information content (AvgIpc) is 2.69. The summed E-state index contributed by atoms with van der Waals surface area (Å²) < 4.78 is 1.88. The van der Waals surface area contributed by atoms with E-state index in [4.69, 9.17) is 5.73 Å². The Kier molecular flexibility index (Phi) is 3.44. The molecule has 17 heavy (non-hydrogen) atoms. The number of rotatable bonds is 4. The fraction of sp³-hybridized carbons (Fsp3) is 0.308. The molecule has 2 rings (SSSR count). The maximum absolute atomic E-state index is 9.25. The van der Waals surface area contributed by atoms with Crippen LogP contribution >= 0.6 is 0 Å². The molecule has 4 nitrogen and oxygen atoms in total. The molecule has 0 aliphatic rings. The molecule has 0 spiro atoms. The van der Waals surface area contributed by atoms with Crippen LogP contribution in [0.1, 0.15) is 17.7 Å². The summed E-state index contributed by atoms with van der Waals surface area (Å²) in [5, 5.41) is 13.6. The van der Waals surface area contributed by atoms with Crippen LogP contribution in [0.4, 0.5) is 0 Å². The monoisotopic (exact) mass is 231 g/mol. The minimum atomic E-state index is 0.266. The smallest absolute Gasteiger partial charge is 0.115 e. The van der Waals surface area contributed by atoms with Gasteiger partial charge in [0, 0.05) is 5.69 Å². The van der Waals surface area contributed by atoms with Gasteiger partial charge in [0.2, 0.25) is 0 Å². The van der Waals surface area contributed by atoms with Gasteiger partial charge in [-0.3, -0.25) is 0 Å². The highest BCUT2D eigenvalue weighted by atomic mass is 16.3. The molecular weight excluding hydrogens is 214 g/mol. The van der Waals surface area contributed by atoms with Gasteiger partial charge in [-0.05, 0) is 56.1 Å². The Morgan fingerprint density at radius 3 is 2.65 bits per heavy atom. The maximum Gasteiger partial charge on any atom is 0.115 e. The van der Waals surface area contributed by atoms with Gasteiger partial charge in [-0.15, -0.1) is 0 Å². The molecule has 4 heteroatoms. The van der Waals surface area contributed by atoms with E-state index >= 15 is 0 Å². The summed E-state index contributed by atoms with van der Waals surface area (Å²) in [6.07, 6.45) is 3.82. The van der Waals surface area contributed by atoms with Gasteiger partial charge in [-0.25, -0.2) is 4.68 Å². The van der Waals surface area contributed by atoms with Crippen molar-refractivity contribution in [3.05, 3.63) is 41.7 Å². The van der Waals surface area contributed by atoms with Crippen molar-refractivity contribution in [2.75, 3.05) is 6.54 Å². The molecule has 0 bridgehead atoms. The largest absolute Gasteiger partial charge is 0.508 e. The summed E-state index contributed by atoms with van der Waals surface area (Å²) >= 11 is 0. The van der Waals surface area contributed by atoms with Crippen molar-refractivity contribution < 1.29 is 5.11 Å². The predicted molar refractivity (Wildman–Crippen MR) is 67.3 cm³/mol. The van der Waals surface area contributed by atoms with Gasteiger partial charge in [-0.1, -0.05) is 0 Å². The Labute approximate surface area is 101 Å². The number of phenols is 1. The normalized spacial score (nSPS) is 10.7. The standard InChI is InChI=1S/C13H17N3O/c1-10-11(3-2-8-14)9-15-16(10)12-4-6-13(17)7-5-12/h4-7,9,17H,2-3,8,14H2,1H3. The van der Waals surface area contributed by atoms with E-state index in [-0.39, 0.29) is 5.75 Å². The van der Waals surface area contributed by atoms with Gasteiger partial charge < -0.3 is 10.8 Å². The van der Waals surface area contributed by atoms with E-state index < -0.39 is 0 Å². The predicted octanol–water partition coefficient (Wildman–Crippen LogP) is 1.78. The zero-order valence-electron chi connectivity index (χ0n) is 9.93. The lowest BCUT2D eigenvalue weighted by atomic mass is 10.1. The van der Waals surface area contributed by atoms with Crippen molar-refractivity contribution >= 4 is 0 Å². The van der Waals surface area contributed by atoms with Crippen molar-refractivity contribution in [3.63, 3.8) is 0 Å². The third-order valence-electron chi connectivity index (χ3n) is 2.86. The molecule has 0 aliphatic heterocycles. The van der Waals surface area contributed by atoms with Gasteiger partial charge in [-0.2, -0.15) is 5.10 Å². The van der Waals surface area contributed by atoms with E-state index in [0.717, 1.165) is 24.2 Å². The van der Waals surface area contributed by atoms with E-state index in [2.05, 4.69) is 5.10 Å². The maximum atomic E-state index is 9.25. The number of aromatic hydroxyl groups is 1. The van der Waals surface area contributed by atoms with Crippen LogP contribution < -0.4 is 5.73 Å². The van der Waals surface area contributed by atoms with Crippen molar-refractivity contribution in [1.82, 2.24) is 9.78 Å². The number of hydrogen-bond acceptors (Lipinski definition) is 3. The lowest BCUT2D eigenvalue weighted by molar-refractivity contribution is 0.475. The quantitative estimate of drug-likeness (QED) is 0.843. The first kappa shape index (κ1) is 11.7. The van der Waals surface area contributed by atoms with Crippen LogP contribution in [0.25, 0.3) is 5.69 Å². The van der Waals surface area contributed by atoms with E-state index in [1.165, 1.54) is 5.56 Å². The molecule has 0 amide bonds. The Morgan fingerprint density at radius 1 is 1.29 bits per heavy atom. The second-order valence-electron chi connectivity index (χ2n) is 4.08. The summed E-state index contributed by atoms with van der Waals surface area (Å²) in [7, 11) is 0. The fourth-order valence-corrected chi connectivity index (χ4v) is 1.84. The topological polar surface area (TPSA) is 64.1 Å². The number of nitrogens with two attached hydrogens (primary N) is 1. The number of nitrogens with zero attached hydrogens (tertiary/aromatic N) is 2. The van der Waals surface area contributed by atoms with E-state index in [1.807, 2.05) is 29.9 Å². The molecule has 0 unspecified atom stereocenters. The summed E-state index contributed by atoms with van der Waals surface area (Å²) in [5.74, 6) is 0.266. The van der Waals surface area contributed by atoms with E-state index in [9.17, 15) is 5.11 Å². The zero-order valence-corrected chi connectivity index (χ0v) is 9.93. The molecule has 1 aromatic heterocycles. The number of phenolic OH excluding ortho intramolecular Hbond substituents is 1. The van der Waals surface area contributed by atoms with E-state index in [0.29, 0.717) is 6.54 Å². The highest BCUT2D eigenvalue weighted by Crippen LogP contribution is 2.17. The summed E-state index contributed by atoms with van der Waals surface area (Å²) in [4.78, 5) is 0. The third-order valence-corrected chi connectivity index (χ3v) is 2.86. The van der Waals surface area contributed by atoms with Gasteiger partial charge in [0.25, 0.3) is 0 Å². The molecule has 0 aliphatic carbocycles. The van der Waals surface area contributed by atoms with Crippen LogP contribution in [0.3, 0.4) is 0 Å². The van der Waals surface area contributed by atoms with Crippen molar-refractivity contribution in [1.29, 1.82) is 0 Å². The molecule has 0 fully saturated rings. The second kappa shape index (κ2) is 5.01. The lowest BCUT2D eigenvalue weighted by Crippen LogP contribution is -2.02. The van der Waals surface area contributed by atoms with Crippen molar-refractivity contribution in [2.24, 2.45) is 5.73 Å². The number of aryl methyl sites for hydroxylation is 1. The van der Waals surface area contributed by atoms with Gasteiger partial charge in [0.1, 0.15) is 5.75 Å². The molecular formula is C13H17N3O. The molecule has 1 heterocycles. The highest BCUT2D eigenvalue weighted by Gasteiger charge is 2.07. The number of aromatic nitrogens is 2. The summed E-state index contributed by atoms with van der Waals surface area (Å²) in [5.41, 5.74) is 8.82.